The minimum Gasteiger partial charge on any atom is -0.496 e. The van der Waals surface area contributed by atoms with Crippen molar-refractivity contribution in [1.82, 2.24) is 5.32 Å². The maximum absolute atomic E-state index is 5.20. The van der Waals surface area contributed by atoms with Gasteiger partial charge in [0, 0.05) is 5.54 Å². The van der Waals surface area contributed by atoms with Gasteiger partial charge >= 0.3 is 0 Å². The summed E-state index contributed by atoms with van der Waals surface area (Å²) in [5.41, 5.74) is 1.57. The third-order valence-corrected chi connectivity index (χ3v) is 3.55. The van der Waals surface area contributed by atoms with Crippen molar-refractivity contribution in [1.29, 1.82) is 0 Å². The second-order valence-corrected chi connectivity index (χ2v) is 4.54. The number of hydrogen-bond donors (Lipinski definition) is 1. The van der Waals surface area contributed by atoms with Crippen molar-refractivity contribution in [3.63, 3.8) is 0 Å². The molecule has 14 heavy (non-hydrogen) atoms. The van der Waals surface area contributed by atoms with E-state index in [9.17, 15) is 0 Å². The summed E-state index contributed by atoms with van der Waals surface area (Å²) in [5, 5.41) is 3.37. The van der Waals surface area contributed by atoms with Crippen LogP contribution >= 0.6 is 15.9 Å². The summed E-state index contributed by atoms with van der Waals surface area (Å²) >= 11 is 3.50. The Morgan fingerprint density at radius 1 is 1.43 bits per heavy atom. The molecule has 0 aromatic heterocycles. The van der Waals surface area contributed by atoms with Crippen LogP contribution < -0.4 is 10.1 Å². The molecule has 0 aliphatic heterocycles. The largest absolute Gasteiger partial charge is 0.496 e. The second-order valence-electron chi connectivity index (χ2n) is 3.68. The molecule has 2 rings (SSSR count). The Morgan fingerprint density at radius 3 is 2.57 bits per heavy atom. The molecular weight excluding hydrogens is 242 g/mol. The standard InChI is InChI=1S/C11H14BrNO/c1-13-11(5-6-11)8-3-4-10(14-2)9(12)7-8/h3-4,7,13H,5-6H2,1-2H3. The molecule has 0 bridgehead atoms. The first-order valence-corrected chi connectivity index (χ1v) is 5.54. The topological polar surface area (TPSA) is 21.3 Å². The number of methoxy groups -OCH3 is 1. The molecule has 3 heteroatoms. The van der Waals surface area contributed by atoms with E-state index >= 15 is 0 Å². The van der Waals surface area contributed by atoms with Gasteiger partial charge in [0.25, 0.3) is 0 Å². The lowest BCUT2D eigenvalue weighted by atomic mass is 10.1. The Labute approximate surface area is 92.8 Å². The summed E-state index contributed by atoms with van der Waals surface area (Å²) < 4.78 is 6.23. The third kappa shape index (κ3) is 1.55. The van der Waals surface area contributed by atoms with E-state index in [2.05, 4.69) is 33.4 Å². The maximum atomic E-state index is 5.20. The van der Waals surface area contributed by atoms with Crippen LogP contribution in [0.15, 0.2) is 22.7 Å². The van der Waals surface area contributed by atoms with E-state index < -0.39 is 0 Å². The zero-order valence-corrected chi connectivity index (χ0v) is 10.0. The van der Waals surface area contributed by atoms with Crippen molar-refractivity contribution in [3.05, 3.63) is 28.2 Å². The Balaban J connectivity index is 2.33. The summed E-state index contributed by atoms with van der Waals surface area (Å²) in [7, 11) is 3.70. The highest BCUT2D eigenvalue weighted by molar-refractivity contribution is 9.10. The third-order valence-electron chi connectivity index (χ3n) is 2.93. The molecular formula is C11H14BrNO. The minimum atomic E-state index is 0.231. The lowest BCUT2D eigenvalue weighted by molar-refractivity contribution is 0.411. The monoisotopic (exact) mass is 255 g/mol. The molecule has 0 heterocycles. The summed E-state index contributed by atoms with van der Waals surface area (Å²) in [4.78, 5) is 0. The normalized spacial score (nSPS) is 17.9. The molecule has 2 nitrogen and oxygen atoms in total. The van der Waals surface area contributed by atoms with Crippen LogP contribution in [-0.2, 0) is 5.54 Å². The molecule has 0 saturated heterocycles. The smallest absolute Gasteiger partial charge is 0.133 e. The Hall–Kier alpha value is -0.540. The van der Waals surface area contributed by atoms with Gasteiger partial charge < -0.3 is 10.1 Å². The fraction of sp³-hybridized carbons (Fsp3) is 0.455. The summed E-state index contributed by atoms with van der Waals surface area (Å²) in [6.45, 7) is 0. The second kappa shape index (κ2) is 3.55. The predicted molar refractivity (Wildman–Crippen MR) is 60.7 cm³/mol. The van der Waals surface area contributed by atoms with E-state index in [1.807, 2.05) is 13.1 Å². The average molecular weight is 256 g/mol. The van der Waals surface area contributed by atoms with E-state index in [0.29, 0.717) is 0 Å². The van der Waals surface area contributed by atoms with Crippen LogP contribution in [0.25, 0.3) is 0 Å². The van der Waals surface area contributed by atoms with Gasteiger partial charge in [0.2, 0.25) is 0 Å². The van der Waals surface area contributed by atoms with Gasteiger partial charge in [-0.3, -0.25) is 0 Å². The maximum Gasteiger partial charge on any atom is 0.133 e. The SMILES string of the molecule is CNC1(c2ccc(OC)c(Br)c2)CC1. The molecule has 1 aromatic rings. The first-order valence-electron chi connectivity index (χ1n) is 4.75. The van der Waals surface area contributed by atoms with Gasteiger partial charge in [-0.25, -0.2) is 0 Å². The predicted octanol–water partition coefficient (Wildman–Crippen LogP) is 2.67. The van der Waals surface area contributed by atoms with Crippen molar-refractivity contribution in [2.45, 2.75) is 18.4 Å². The molecule has 0 unspecified atom stereocenters. The van der Waals surface area contributed by atoms with E-state index in [1.165, 1.54) is 18.4 Å². The van der Waals surface area contributed by atoms with Gasteiger partial charge in [-0.05, 0) is 53.5 Å². The number of nitrogens with one attached hydrogen (secondary N) is 1. The quantitative estimate of drug-likeness (QED) is 0.897. The molecule has 0 spiro atoms. The van der Waals surface area contributed by atoms with Crippen molar-refractivity contribution >= 4 is 15.9 Å². The van der Waals surface area contributed by atoms with Gasteiger partial charge in [0.05, 0.1) is 11.6 Å². The summed E-state index contributed by atoms with van der Waals surface area (Å²) in [6, 6.07) is 6.28. The first kappa shape index (κ1) is 9.99. The lowest BCUT2D eigenvalue weighted by Gasteiger charge is -2.15. The van der Waals surface area contributed by atoms with E-state index in [-0.39, 0.29) is 5.54 Å². The van der Waals surface area contributed by atoms with Crippen LogP contribution in [-0.4, -0.2) is 14.2 Å². The zero-order chi connectivity index (χ0) is 10.2. The van der Waals surface area contributed by atoms with Gasteiger partial charge in [0.1, 0.15) is 5.75 Å². The van der Waals surface area contributed by atoms with Crippen LogP contribution in [0, 0.1) is 0 Å². The van der Waals surface area contributed by atoms with Crippen molar-refractivity contribution in [2.75, 3.05) is 14.2 Å². The number of benzene rings is 1. The van der Waals surface area contributed by atoms with E-state index in [4.69, 9.17) is 4.74 Å². The highest BCUT2D eigenvalue weighted by Gasteiger charge is 2.42. The minimum absolute atomic E-state index is 0.231. The van der Waals surface area contributed by atoms with Gasteiger partial charge in [-0.1, -0.05) is 6.07 Å². The molecule has 0 atom stereocenters. The van der Waals surface area contributed by atoms with Crippen LogP contribution in [0.2, 0.25) is 0 Å². The molecule has 1 fully saturated rings. The van der Waals surface area contributed by atoms with Crippen LogP contribution in [0.3, 0.4) is 0 Å². The van der Waals surface area contributed by atoms with E-state index in [1.54, 1.807) is 7.11 Å². The molecule has 76 valence electrons. The Bertz CT molecular complexity index is 347. The number of ether oxygens (including phenoxy) is 1. The zero-order valence-electron chi connectivity index (χ0n) is 8.43. The average Bonchev–Trinajstić information content (AvgIpc) is 2.98. The number of halogens is 1. The van der Waals surface area contributed by atoms with E-state index in [0.717, 1.165) is 10.2 Å². The molecule has 1 aliphatic rings. The molecule has 1 aromatic carbocycles. The fourth-order valence-corrected chi connectivity index (χ4v) is 2.31. The molecule has 1 N–H and O–H groups in total. The number of rotatable bonds is 3. The molecule has 1 saturated carbocycles. The Kier molecular flexibility index (Phi) is 2.54. The van der Waals surface area contributed by atoms with Crippen LogP contribution in [0.5, 0.6) is 5.75 Å². The van der Waals surface area contributed by atoms with Gasteiger partial charge in [-0.2, -0.15) is 0 Å². The highest BCUT2D eigenvalue weighted by atomic mass is 79.9. The fourth-order valence-electron chi connectivity index (χ4n) is 1.77. The number of hydrogen-bond acceptors (Lipinski definition) is 2. The molecule has 0 radical (unpaired) electrons. The lowest BCUT2D eigenvalue weighted by Crippen LogP contribution is -2.24. The highest BCUT2D eigenvalue weighted by Crippen LogP contribution is 2.46. The van der Waals surface area contributed by atoms with Crippen molar-refractivity contribution in [3.8, 4) is 5.75 Å². The van der Waals surface area contributed by atoms with Gasteiger partial charge in [0.15, 0.2) is 0 Å². The van der Waals surface area contributed by atoms with Crippen molar-refractivity contribution < 1.29 is 4.74 Å². The summed E-state index contributed by atoms with van der Waals surface area (Å²) in [6.07, 6.45) is 2.45. The first-order chi connectivity index (χ1) is 6.72. The molecule has 1 aliphatic carbocycles. The van der Waals surface area contributed by atoms with Crippen LogP contribution in [0.1, 0.15) is 18.4 Å². The van der Waals surface area contributed by atoms with Crippen molar-refractivity contribution in [2.24, 2.45) is 0 Å². The summed E-state index contributed by atoms with van der Waals surface area (Å²) in [5.74, 6) is 0.889. The van der Waals surface area contributed by atoms with Crippen LogP contribution in [0.4, 0.5) is 0 Å². The molecule has 0 amide bonds. The van der Waals surface area contributed by atoms with Gasteiger partial charge in [-0.15, -0.1) is 0 Å². The Morgan fingerprint density at radius 2 is 2.14 bits per heavy atom.